The molecule has 0 unspecified atom stereocenters. The van der Waals surface area contributed by atoms with Crippen molar-refractivity contribution in [3.05, 3.63) is 82.3 Å². The predicted octanol–water partition coefficient (Wildman–Crippen LogP) is 7.44. The van der Waals surface area contributed by atoms with E-state index in [1.807, 2.05) is 24.3 Å². The third-order valence-electron chi connectivity index (χ3n) is 5.03. The van der Waals surface area contributed by atoms with E-state index < -0.39 is 0 Å². The molecule has 2 amide bonds. The molecule has 0 fully saturated rings. The number of halogens is 2. The molecule has 0 spiro atoms. The number of carbonyl (C=O) groups is 2. The molecule has 3 aromatic carbocycles. The molecule has 0 saturated carbocycles. The summed E-state index contributed by atoms with van der Waals surface area (Å²) in [5.41, 5.74) is 3.41. The van der Waals surface area contributed by atoms with Crippen molar-refractivity contribution in [3.63, 3.8) is 0 Å². The molecule has 3 N–H and O–H groups in total. The smallest absolute Gasteiger partial charge is 0.228 e. The van der Waals surface area contributed by atoms with Crippen molar-refractivity contribution in [3.8, 4) is 0 Å². The van der Waals surface area contributed by atoms with Gasteiger partial charge in [-0.05, 0) is 48.4 Å². The lowest BCUT2D eigenvalue weighted by Crippen LogP contribution is -2.16. The largest absolute Gasteiger partial charge is 0.353 e. The van der Waals surface area contributed by atoms with Gasteiger partial charge in [-0.2, -0.15) is 0 Å². The number of amides is 2. The highest BCUT2D eigenvalue weighted by molar-refractivity contribution is 6.39. The lowest BCUT2D eigenvalue weighted by Gasteiger charge is -2.14. The third-order valence-corrected chi connectivity index (χ3v) is 5.66. The van der Waals surface area contributed by atoms with Crippen LogP contribution >= 0.6 is 23.2 Å². The second-order valence-electron chi connectivity index (χ2n) is 7.69. The topological polar surface area (TPSA) is 70.2 Å². The second kappa shape index (κ2) is 12.3. The summed E-state index contributed by atoms with van der Waals surface area (Å²) in [7, 11) is 0. The van der Waals surface area contributed by atoms with E-state index in [9.17, 15) is 9.59 Å². The Morgan fingerprint density at radius 1 is 0.788 bits per heavy atom. The van der Waals surface area contributed by atoms with Crippen LogP contribution in [-0.2, 0) is 16.0 Å². The van der Waals surface area contributed by atoms with E-state index in [0.29, 0.717) is 33.5 Å². The average Bonchev–Trinajstić information content (AvgIpc) is 2.78. The second-order valence-corrected chi connectivity index (χ2v) is 8.50. The van der Waals surface area contributed by atoms with Crippen molar-refractivity contribution < 1.29 is 9.59 Å². The first-order valence-corrected chi connectivity index (χ1v) is 11.7. The molecule has 0 aliphatic carbocycles. The summed E-state index contributed by atoms with van der Waals surface area (Å²) >= 11 is 12.5. The minimum Gasteiger partial charge on any atom is -0.353 e. The number of anilines is 4. The lowest BCUT2D eigenvalue weighted by molar-refractivity contribution is -0.116. The van der Waals surface area contributed by atoms with Gasteiger partial charge in [0.1, 0.15) is 0 Å². The molecular weight excluding hydrogens is 457 g/mol. The fourth-order valence-corrected chi connectivity index (χ4v) is 3.85. The number of hydrogen-bond donors (Lipinski definition) is 3. The maximum Gasteiger partial charge on any atom is 0.228 e. The highest BCUT2D eigenvalue weighted by Crippen LogP contribution is 2.33. The molecule has 0 saturated heterocycles. The molecule has 172 valence electrons. The monoisotopic (exact) mass is 483 g/mol. The Bertz CT molecular complexity index is 1100. The highest BCUT2D eigenvalue weighted by atomic mass is 35.5. The zero-order chi connectivity index (χ0) is 23.6. The summed E-state index contributed by atoms with van der Waals surface area (Å²) in [6.07, 6.45) is 3.61. The van der Waals surface area contributed by atoms with Crippen LogP contribution in [0.1, 0.15) is 38.2 Å². The fraction of sp³-hybridized carbons (Fsp3) is 0.231. The van der Waals surface area contributed by atoms with Gasteiger partial charge in [0.25, 0.3) is 0 Å². The summed E-state index contributed by atoms with van der Waals surface area (Å²) in [6, 6.07) is 19.9. The van der Waals surface area contributed by atoms with E-state index in [4.69, 9.17) is 23.2 Å². The van der Waals surface area contributed by atoms with Crippen LogP contribution in [0.3, 0.4) is 0 Å². The van der Waals surface area contributed by atoms with Gasteiger partial charge in [-0.3, -0.25) is 9.59 Å². The minimum absolute atomic E-state index is 0.0230. The van der Waals surface area contributed by atoms with Crippen LogP contribution in [0.5, 0.6) is 0 Å². The Morgan fingerprint density at radius 2 is 1.42 bits per heavy atom. The van der Waals surface area contributed by atoms with E-state index in [-0.39, 0.29) is 18.2 Å². The number of para-hydroxylation sites is 2. The van der Waals surface area contributed by atoms with Gasteiger partial charge in [-0.1, -0.05) is 73.3 Å². The summed E-state index contributed by atoms with van der Waals surface area (Å²) < 4.78 is 0. The Hall–Kier alpha value is -3.02. The number of nitrogens with one attached hydrogen (secondary N) is 3. The van der Waals surface area contributed by atoms with Crippen molar-refractivity contribution >= 4 is 57.8 Å². The van der Waals surface area contributed by atoms with Crippen LogP contribution in [-0.4, -0.2) is 11.8 Å². The first kappa shape index (κ1) is 24.6. The molecule has 0 radical (unpaired) electrons. The molecule has 33 heavy (non-hydrogen) atoms. The van der Waals surface area contributed by atoms with Crippen molar-refractivity contribution in [2.45, 2.75) is 39.0 Å². The molecule has 0 bridgehead atoms. The van der Waals surface area contributed by atoms with Crippen molar-refractivity contribution in [1.82, 2.24) is 0 Å². The number of benzene rings is 3. The Labute approximate surface area is 204 Å². The van der Waals surface area contributed by atoms with E-state index in [1.54, 1.807) is 42.5 Å². The van der Waals surface area contributed by atoms with E-state index in [0.717, 1.165) is 30.5 Å². The van der Waals surface area contributed by atoms with Crippen LogP contribution in [0.2, 0.25) is 10.0 Å². The van der Waals surface area contributed by atoms with Crippen LogP contribution in [0.4, 0.5) is 22.7 Å². The number of rotatable bonds is 10. The van der Waals surface area contributed by atoms with Crippen LogP contribution in [0.25, 0.3) is 0 Å². The van der Waals surface area contributed by atoms with Gasteiger partial charge in [-0.15, -0.1) is 0 Å². The van der Waals surface area contributed by atoms with E-state index >= 15 is 0 Å². The standard InChI is InChI=1S/C26H27Cl2N3O2/c1-2-3-4-15-24(32)29-19-10-7-11-20(17-19)30-25(33)16-18-9-5-6-14-23(18)31-26-21(27)12-8-13-22(26)28/h5-14,17,31H,2-4,15-16H2,1H3,(H,29,32)(H,30,33). The highest BCUT2D eigenvalue weighted by Gasteiger charge is 2.12. The zero-order valence-electron chi connectivity index (χ0n) is 18.5. The Balaban J connectivity index is 1.64. The van der Waals surface area contributed by atoms with Gasteiger partial charge in [0.2, 0.25) is 11.8 Å². The molecule has 7 heteroatoms. The average molecular weight is 484 g/mol. The zero-order valence-corrected chi connectivity index (χ0v) is 20.0. The molecule has 0 aliphatic rings. The molecule has 3 aromatic rings. The minimum atomic E-state index is -0.180. The van der Waals surface area contributed by atoms with Crippen molar-refractivity contribution in [1.29, 1.82) is 0 Å². The first-order chi connectivity index (χ1) is 16.0. The van der Waals surface area contributed by atoms with Crippen LogP contribution in [0, 0.1) is 0 Å². The number of carbonyl (C=O) groups excluding carboxylic acids is 2. The van der Waals surface area contributed by atoms with Gasteiger partial charge in [0.05, 0.1) is 22.2 Å². The third kappa shape index (κ3) is 7.52. The molecule has 0 aliphatic heterocycles. The maximum absolute atomic E-state index is 12.7. The van der Waals surface area contributed by atoms with Crippen LogP contribution < -0.4 is 16.0 Å². The molecule has 0 atom stereocenters. The molecule has 0 aromatic heterocycles. The van der Waals surface area contributed by atoms with Gasteiger partial charge >= 0.3 is 0 Å². The van der Waals surface area contributed by atoms with Gasteiger partial charge < -0.3 is 16.0 Å². The first-order valence-electron chi connectivity index (χ1n) is 10.9. The maximum atomic E-state index is 12.7. The summed E-state index contributed by atoms with van der Waals surface area (Å²) in [6.45, 7) is 2.10. The Morgan fingerprint density at radius 3 is 2.12 bits per heavy atom. The summed E-state index contributed by atoms with van der Waals surface area (Å²) in [5.74, 6) is -0.203. The normalized spacial score (nSPS) is 10.5. The van der Waals surface area contributed by atoms with E-state index in [2.05, 4.69) is 22.9 Å². The quantitative estimate of drug-likeness (QED) is 0.262. The van der Waals surface area contributed by atoms with Crippen molar-refractivity contribution in [2.75, 3.05) is 16.0 Å². The summed E-state index contributed by atoms with van der Waals surface area (Å²) in [4.78, 5) is 24.8. The Kier molecular flexibility index (Phi) is 9.16. The SMILES string of the molecule is CCCCCC(=O)Nc1cccc(NC(=O)Cc2ccccc2Nc2c(Cl)cccc2Cl)c1. The lowest BCUT2D eigenvalue weighted by atomic mass is 10.1. The van der Waals surface area contributed by atoms with Gasteiger partial charge in [0, 0.05) is 23.5 Å². The van der Waals surface area contributed by atoms with E-state index in [1.165, 1.54) is 0 Å². The molecule has 0 heterocycles. The van der Waals surface area contributed by atoms with Gasteiger partial charge in [-0.25, -0.2) is 0 Å². The van der Waals surface area contributed by atoms with Gasteiger partial charge in [0.15, 0.2) is 0 Å². The number of unbranched alkanes of at least 4 members (excludes halogenated alkanes) is 2. The number of hydrogen-bond acceptors (Lipinski definition) is 3. The van der Waals surface area contributed by atoms with Crippen LogP contribution in [0.15, 0.2) is 66.7 Å². The predicted molar refractivity (Wildman–Crippen MR) is 138 cm³/mol. The van der Waals surface area contributed by atoms with Crippen molar-refractivity contribution in [2.24, 2.45) is 0 Å². The fourth-order valence-electron chi connectivity index (χ4n) is 3.36. The summed E-state index contributed by atoms with van der Waals surface area (Å²) in [5, 5.41) is 10.0. The molecule has 3 rings (SSSR count). The molecule has 5 nitrogen and oxygen atoms in total. The molecular formula is C26H27Cl2N3O2.